The van der Waals surface area contributed by atoms with E-state index in [9.17, 15) is 0 Å². The standard InChI is InChI=1S/C14H11NS3/c1-2-6-11(7-3-1)16-10-17-14-15-12-8-4-5-9-13(12)18-14/h1-9H,10H2. The van der Waals surface area contributed by atoms with Crippen LogP contribution in [-0.2, 0) is 0 Å². The van der Waals surface area contributed by atoms with Gasteiger partial charge in [-0.3, -0.25) is 0 Å². The fraction of sp³-hybridized carbons (Fsp3) is 0.0714. The zero-order chi connectivity index (χ0) is 12.2. The molecule has 0 radical (unpaired) electrons. The number of fused-ring (bicyclic) bond motifs is 1. The normalized spacial score (nSPS) is 10.9. The smallest absolute Gasteiger partial charge is 0.151 e. The molecule has 0 unspecified atom stereocenters. The van der Waals surface area contributed by atoms with Crippen LogP contribution in [-0.4, -0.2) is 10.1 Å². The number of nitrogens with zero attached hydrogens (tertiary/aromatic N) is 1. The van der Waals surface area contributed by atoms with Crippen molar-refractivity contribution in [2.24, 2.45) is 0 Å². The van der Waals surface area contributed by atoms with Crippen LogP contribution in [0.3, 0.4) is 0 Å². The molecule has 0 bridgehead atoms. The second-order valence-electron chi connectivity index (χ2n) is 3.67. The number of thioether (sulfide) groups is 2. The maximum atomic E-state index is 4.61. The number of thiazole rings is 1. The van der Waals surface area contributed by atoms with Gasteiger partial charge in [-0.2, -0.15) is 0 Å². The molecule has 0 aliphatic rings. The average Bonchev–Trinajstić information content (AvgIpc) is 2.82. The highest BCUT2D eigenvalue weighted by Gasteiger charge is 2.03. The molecule has 90 valence electrons. The first-order valence-corrected chi connectivity index (χ1v) is 8.37. The Hall–Kier alpha value is -0.970. The van der Waals surface area contributed by atoms with Crippen LogP contribution in [0.25, 0.3) is 10.2 Å². The molecule has 3 rings (SSSR count). The van der Waals surface area contributed by atoms with E-state index in [1.54, 1.807) is 11.3 Å². The molecule has 0 aliphatic carbocycles. The summed E-state index contributed by atoms with van der Waals surface area (Å²) in [6.45, 7) is 0. The van der Waals surface area contributed by atoms with E-state index in [0.29, 0.717) is 0 Å². The summed E-state index contributed by atoms with van der Waals surface area (Å²) in [7, 11) is 0. The molecule has 0 aliphatic heterocycles. The second kappa shape index (κ2) is 5.78. The van der Waals surface area contributed by atoms with Gasteiger partial charge >= 0.3 is 0 Å². The Labute approximate surface area is 119 Å². The van der Waals surface area contributed by atoms with Crippen LogP contribution < -0.4 is 0 Å². The van der Waals surface area contributed by atoms with Crippen molar-refractivity contribution in [1.82, 2.24) is 4.98 Å². The molecule has 0 fully saturated rings. The molecule has 3 aromatic rings. The topological polar surface area (TPSA) is 12.9 Å². The lowest BCUT2D eigenvalue weighted by Crippen LogP contribution is -1.73. The van der Waals surface area contributed by atoms with E-state index >= 15 is 0 Å². The van der Waals surface area contributed by atoms with E-state index in [2.05, 4.69) is 47.4 Å². The molecule has 0 saturated carbocycles. The number of rotatable bonds is 4. The van der Waals surface area contributed by atoms with E-state index in [0.717, 1.165) is 14.9 Å². The van der Waals surface area contributed by atoms with Crippen molar-refractivity contribution in [2.45, 2.75) is 9.24 Å². The van der Waals surface area contributed by atoms with E-state index < -0.39 is 0 Å². The van der Waals surface area contributed by atoms with Crippen LogP contribution in [0.5, 0.6) is 0 Å². The first kappa shape index (κ1) is 12.1. The van der Waals surface area contributed by atoms with Crippen molar-refractivity contribution in [3.63, 3.8) is 0 Å². The minimum absolute atomic E-state index is 1.00. The number of hydrogen-bond donors (Lipinski definition) is 0. The molecule has 4 heteroatoms. The van der Waals surface area contributed by atoms with E-state index in [1.165, 1.54) is 9.60 Å². The number of benzene rings is 2. The van der Waals surface area contributed by atoms with Crippen LogP contribution in [0.2, 0.25) is 0 Å². The SMILES string of the molecule is c1ccc(SCSc2nc3ccccc3s2)cc1. The van der Waals surface area contributed by atoms with Crippen molar-refractivity contribution in [3.8, 4) is 0 Å². The lowest BCUT2D eigenvalue weighted by Gasteiger charge is -1.98. The summed E-state index contributed by atoms with van der Waals surface area (Å²) in [6, 6.07) is 18.8. The van der Waals surface area contributed by atoms with Gasteiger partial charge in [0, 0.05) is 4.90 Å². The van der Waals surface area contributed by atoms with Crippen LogP contribution in [0.4, 0.5) is 0 Å². The van der Waals surface area contributed by atoms with Gasteiger partial charge in [-0.05, 0) is 24.3 Å². The van der Waals surface area contributed by atoms with Crippen molar-refractivity contribution in [1.29, 1.82) is 0 Å². The third-order valence-corrected chi connectivity index (χ3v) is 5.75. The maximum Gasteiger partial charge on any atom is 0.151 e. The summed E-state index contributed by atoms with van der Waals surface area (Å²) in [5.41, 5.74) is 1.11. The molecular formula is C14H11NS3. The van der Waals surface area contributed by atoms with Gasteiger partial charge in [0.05, 0.1) is 15.3 Å². The zero-order valence-electron chi connectivity index (χ0n) is 9.58. The molecule has 0 spiro atoms. The molecular weight excluding hydrogens is 278 g/mol. The lowest BCUT2D eigenvalue weighted by molar-refractivity contribution is 1.31. The number of para-hydroxylation sites is 1. The van der Waals surface area contributed by atoms with Gasteiger partial charge in [-0.15, -0.1) is 23.1 Å². The highest BCUT2D eigenvalue weighted by molar-refractivity contribution is 8.16. The molecule has 2 aromatic carbocycles. The van der Waals surface area contributed by atoms with Crippen LogP contribution in [0.15, 0.2) is 63.8 Å². The minimum Gasteiger partial charge on any atom is -0.230 e. The Kier molecular flexibility index (Phi) is 3.88. The highest BCUT2D eigenvalue weighted by atomic mass is 32.2. The quantitative estimate of drug-likeness (QED) is 0.487. The molecule has 1 nitrogen and oxygen atoms in total. The zero-order valence-corrected chi connectivity index (χ0v) is 12.0. The van der Waals surface area contributed by atoms with E-state index in [1.807, 2.05) is 35.7 Å². The van der Waals surface area contributed by atoms with Crippen molar-refractivity contribution in [2.75, 3.05) is 5.08 Å². The predicted molar refractivity (Wildman–Crippen MR) is 82.6 cm³/mol. The van der Waals surface area contributed by atoms with Crippen LogP contribution >= 0.6 is 34.9 Å². The Morgan fingerprint density at radius 1 is 0.889 bits per heavy atom. The summed E-state index contributed by atoms with van der Waals surface area (Å²) < 4.78 is 2.42. The van der Waals surface area contributed by atoms with Gasteiger partial charge in [0.2, 0.25) is 0 Å². The summed E-state index contributed by atoms with van der Waals surface area (Å²) in [6.07, 6.45) is 0. The summed E-state index contributed by atoms with van der Waals surface area (Å²) in [5.74, 6) is 0. The van der Waals surface area contributed by atoms with Gasteiger partial charge in [0.25, 0.3) is 0 Å². The first-order valence-electron chi connectivity index (χ1n) is 5.58. The van der Waals surface area contributed by atoms with E-state index in [-0.39, 0.29) is 0 Å². The molecule has 18 heavy (non-hydrogen) atoms. The van der Waals surface area contributed by atoms with Crippen molar-refractivity contribution >= 4 is 45.1 Å². The summed E-state index contributed by atoms with van der Waals surface area (Å²) in [5, 5.41) is 1.00. The predicted octanol–water partition coefficient (Wildman–Crippen LogP) is 5.14. The lowest BCUT2D eigenvalue weighted by atomic mass is 10.3. The summed E-state index contributed by atoms with van der Waals surface area (Å²) >= 11 is 5.44. The molecule has 1 heterocycles. The highest BCUT2D eigenvalue weighted by Crippen LogP contribution is 2.33. The second-order valence-corrected chi connectivity index (χ2v) is 7.33. The minimum atomic E-state index is 1.00. The van der Waals surface area contributed by atoms with Gasteiger partial charge in [0.1, 0.15) is 0 Å². The monoisotopic (exact) mass is 289 g/mol. The fourth-order valence-electron chi connectivity index (χ4n) is 1.58. The molecule has 0 saturated heterocycles. The van der Waals surface area contributed by atoms with Crippen LogP contribution in [0, 0.1) is 0 Å². The van der Waals surface area contributed by atoms with Crippen molar-refractivity contribution in [3.05, 3.63) is 54.6 Å². The molecule has 0 N–H and O–H groups in total. The fourth-order valence-corrected chi connectivity index (χ4v) is 4.91. The van der Waals surface area contributed by atoms with Crippen molar-refractivity contribution < 1.29 is 0 Å². The third kappa shape index (κ3) is 2.88. The molecule has 0 atom stereocenters. The van der Waals surface area contributed by atoms with E-state index in [4.69, 9.17) is 0 Å². The van der Waals surface area contributed by atoms with Crippen LogP contribution in [0.1, 0.15) is 0 Å². The van der Waals surface area contributed by atoms with Gasteiger partial charge in [0.15, 0.2) is 4.34 Å². The van der Waals surface area contributed by atoms with Gasteiger partial charge < -0.3 is 0 Å². The Morgan fingerprint density at radius 2 is 1.67 bits per heavy atom. The number of aromatic nitrogens is 1. The Morgan fingerprint density at radius 3 is 2.50 bits per heavy atom. The maximum absolute atomic E-state index is 4.61. The third-order valence-electron chi connectivity index (χ3n) is 2.43. The molecule has 0 amide bonds. The molecule has 1 aromatic heterocycles. The average molecular weight is 289 g/mol. The Bertz CT molecular complexity index is 601. The summed E-state index contributed by atoms with van der Waals surface area (Å²) in [4.78, 5) is 5.92. The first-order chi connectivity index (χ1) is 8.92. The van der Waals surface area contributed by atoms with Gasteiger partial charge in [-0.25, -0.2) is 4.98 Å². The largest absolute Gasteiger partial charge is 0.230 e. The van der Waals surface area contributed by atoms with Gasteiger partial charge in [-0.1, -0.05) is 42.1 Å². The Balaban J connectivity index is 1.63. The number of hydrogen-bond acceptors (Lipinski definition) is 4.